The van der Waals surface area contributed by atoms with Crippen LogP contribution in [0.4, 0.5) is 0 Å². The number of rotatable bonds is 6. The van der Waals surface area contributed by atoms with Crippen molar-refractivity contribution in [2.75, 3.05) is 13.1 Å². The Morgan fingerprint density at radius 1 is 1.08 bits per heavy atom. The molecule has 1 fully saturated rings. The third kappa shape index (κ3) is 3.96. The molecule has 26 heavy (non-hydrogen) atoms. The Hall–Kier alpha value is -2.21. The van der Waals surface area contributed by atoms with Crippen molar-refractivity contribution in [2.45, 2.75) is 44.9 Å². The lowest BCUT2D eigenvalue weighted by Crippen LogP contribution is -2.35. The minimum Gasteiger partial charge on any atom is -0.342 e. The van der Waals surface area contributed by atoms with Gasteiger partial charge in [0.05, 0.1) is 16.0 Å². The van der Waals surface area contributed by atoms with Crippen molar-refractivity contribution in [3.05, 3.63) is 46.2 Å². The highest BCUT2D eigenvalue weighted by Gasteiger charge is 2.20. The van der Waals surface area contributed by atoms with Crippen molar-refractivity contribution in [2.24, 2.45) is 0 Å². The van der Waals surface area contributed by atoms with Crippen molar-refractivity contribution >= 4 is 28.3 Å². The second-order valence-electron chi connectivity index (χ2n) is 6.89. The van der Waals surface area contributed by atoms with Gasteiger partial charge < -0.3 is 9.88 Å². The molecule has 0 saturated carbocycles. The zero-order chi connectivity index (χ0) is 17.8. The van der Waals surface area contributed by atoms with Gasteiger partial charge in [-0.2, -0.15) is 0 Å². The monoisotopic (exact) mass is 368 g/mol. The number of thiazole rings is 1. The number of H-pyrrole nitrogens is 1. The van der Waals surface area contributed by atoms with E-state index in [1.807, 2.05) is 28.5 Å². The lowest BCUT2D eigenvalue weighted by molar-refractivity contribution is 0.0719. The largest absolute Gasteiger partial charge is 0.342 e. The summed E-state index contributed by atoms with van der Waals surface area (Å²) in [6.45, 7) is 1.76. The first-order valence-electron chi connectivity index (χ1n) is 9.47. The van der Waals surface area contributed by atoms with Crippen LogP contribution in [0.15, 0.2) is 29.6 Å². The van der Waals surface area contributed by atoms with E-state index in [-0.39, 0.29) is 5.91 Å². The van der Waals surface area contributed by atoms with Crippen LogP contribution in [0, 0.1) is 0 Å². The molecule has 1 saturated heterocycles. The molecule has 0 radical (unpaired) electrons. The molecule has 3 aromatic rings. The molecule has 2 aromatic heterocycles. The van der Waals surface area contributed by atoms with Gasteiger partial charge in [0.1, 0.15) is 11.5 Å². The number of fused-ring (bicyclic) bond motifs is 1. The topological polar surface area (TPSA) is 61.9 Å². The molecule has 0 unspecified atom stereocenters. The molecule has 5 nitrogen and oxygen atoms in total. The summed E-state index contributed by atoms with van der Waals surface area (Å²) in [6.07, 6.45) is 7.46. The van der Waals surface area contributed by atoms with Crippen LogP contribution in [0.5, 0.6) is 0 Å². The number of hydrogen-bond donors (Lipinski definition) is 1. The number of imidazole rings is 1. The highest BCUT2D eigenvalue weighted by molar-refractivity contribution is 7.09. The number of likely N-dealkylation sites (tertiary alicyclic amines) is 1. The van der Waals surface area contributed by atoms with Crippen molar-refractivity contribution in [3.63, 3.8) is 0 Å². The number of carbonyl (C=O) groups excluding carboxylic acids is 1. The fraction of sp³-hybridized carbons (Fsp3) is 0.450. The fourth-order valence-corrected chi connectivity index (χ4v) is 4.29. The molecule has 0 bridgehead atoms. The van der Waals surface area contributed by atoms with Crippen LogP contribution < -0.4 is 0 Å². The van der Waals surface area contributed by atoms with Gasteiger partial charge in [-0.25, -0.2) is 9.97 Å². The van der Waals surface area contributed by atoms with Gasteiger partial charge in [0.25, 0.3) is 5.91 Å². The molecule has 1 aliphatic heterocycles. The Bertz CT molecular complexity index is 846. The zero-order valence-corrected chi connectivity index (χ0v) is 15.7. The average Bonchev–Trinajstić information content (AvgIpc) is 3.32. The first kappa shape index (κ1) is 17.2. The Balaban J connectivity index is 1.26. The van der Waals surface area contributed by atoms with Crippen LogP contribution in [0.2, 0.25) is 0 Å². The molecule has 1 aromatic carbocycles. The number of para-hydroxylation sites is 2. The first-order chi connectivity index (χ1) is 12.8. The van der Waals surface area contributed by atoms with Gasteiger partial charge in [-0.3, -0.25) is 4.79 Å². The number of nitrogens with one attached hydrogen (secondary N) is 1. The molecule has 0 aliphatic carbocycles. The maximum atomic E-state index is 12.5. The van der Waals surface area contributed by atoms with E-state index >= 15 is 0 Å². The van der Waals surface area contributed by atoms with E-state index in [2.05, 4.69) is 21.0 Å². The minimum absolute atomic E-state index is 0.106. The van der Waals surface area contributed by atoms with Crippen LogP contribution >= 0.6 is 11.3 Å². The number of aromatic nitrogens is 3. The summed E-state index contributed by atoms with van der Waals surface area (Å²) in [5, 5.41) is 2.99. The summed E-state index contributed by atoms with van der Waals surface area (Å²) in [5.41, 5.74) is 2.76. The molecule has 1 amide bonds. The number of unbranched alkanes of at least 4 members (excludes halogenated alkanes) is 1. The highest BCUT2D eigenvalue weighted by atomic mass is 32.1. The Kier molecular flexibility index (Phi) is 5.29. The zero-order valence-electron chi connectivity index (χ0n) is 14.9. The summed E-state index contributed by atoms with van der Waals surface area (Å²) in [6, 6.07) is 8.13. The normalized spacial score (nSPS) is 14.8. The van der Waals surface area contributed by atoms with Gasteiger partial charge in [0, 0.05) is 24.9 Å². The highest BCUT2D eigenvalue weighted by Crippen LogP contribution is 2.18. The Labute approximate surface area is 157 Å². The molecule has 0 atom stereocenters. The maximum absolute atomic E-state index is 12.5. The van der Waals surface area contributed by atoms with Crippen molar-refractivity contribution in [3.8, 4) is 0 Å². The molecule has 136 valence electrons. The van der Waals surface area contributed by atoms with Gasteiger partial charge in [-0.05, 0) is 50.7 Å². The lowest BCUT2D eigenvalue weighted by atomic mass is 10.1. The number of nitrogens with zero attached hydrogens (tertiary/aromatic N) is 3. The van der Waals surface area contributed by atoms with Gasteiger partial charge in [0.2, 0.25) is 0 Å². The van der Waals surface area contributed by atoms with Crippen molar-refractivity contribution in [1.82, 2.24) is 19.9 Å². The molecule has 6 heteroatoms. The van der Waals surface area contributed by atoms with E-state index < -0.39 is 0 Å². The summed E-state index contributed by atoms with van der Waals surface area (Å²) in [5.74, 6) is 1.15. The number of aromatic amines is 1. The smallest absolute Gasteiger partial charge is 0.273 e. The quantitative estimate of drug-likeness (QED) is 0.663. The molecule has 1 N–H and O–H groups in total. The average molecular weight is 369 g/mol. The van der Waals surface area contributed by atoms with Crippen LogP contribution in [-0.4, -0.2) is 38.8 Å². The lowest BCUT2D eigenvalue weighted by Gasteiger charge is -2.25. The second-order valence-corrected chi connectivity index (χ2v) is 7.83. The van der Waals surface area contributed by atoms with E-state index in [9.17, 15) is 4.79 Å². The Morgan fingerprint density at radius 3 is 2.73 bits per heavy atom. The molecule has 1 aliphatic rings. The van der Waals surface area contributed by atoms with Crippen LogP contribution in [0.1, 0.15) is 53.4 Å². The number of benzene rings is 1. The number of aryl methyl sites for hydroxylation is 2. The van der Waals surface area contributed by atoms with Crippen LogP contribution in [-0.2, 0) is 12.8 Å². The Morgan fingerprint density at radius 2 is 1.88 bits per heavy atom. The van der Waals surface area contributed by atoms with Crippen LogP contribution in [0.3, 0.4) is 0 Å². The minimum atomic E-state index is 0.106. The molecule has 4 rings (SSSR count). The number of amides is 1. The summed E-state index contributed by atoms with van der Waals surface area (Å²) < 4.78 is 0. The number of hydrogen-bond acceptors (Lipinski definition) is 4. The summed E-state index contributed by atoms with van der Waals surface area (Å²) >= 11 is 1.61. The number of carbonyl (C=O) groups is 1. The van der Waals surface area contributed by atoms with Gasteiger partial charge in [-0.15, -0.1) is 11.3 Å². The third-order valence-electron chi connectivity index (χ3n) is 4.91. The number of piperidine rings is 1. The van der Waals surface area contributed by atoms with Gasteiger partial charge in [-0.1, -0.05) is 12.1 Å². The van der Waals surface area contributed by atoms with E-state index in [0.29, 0.717) is 5.69 Å². The van der Waals surface area contributed by atoms with Crippen molar-refractivity contribution in [1.29, 1.82) is 0 Å². The SMILES string of the molecule is O=C(c1csc(CCCCc2nc3ccccc3[nH]2)n1)N1CCCCC1. The summed E-state index contributed by atoms with van der Waals surface area (Å²) in [4.78, 5) is 27.0. The van der Waals surface area contributed by atoms with Gasteiger partial charge in [0.15, 0.2) is 0 Å². The van der Waals surface area contributed by atoms with Crippen molar-refractivity contribution < 1.29 is 4.79 Å². The van der Waals surface area contributed by atoms with E-state index in [1.165, 1.54) is 6.42 Å². The van der Waals surface area contributed by atoms with E-state index in [4.69, 9.17) is 0 Å². The maximum Gasteiger partial charge on any atom is 0.273 e. The summed E-state index contributed by atoms with van der Waals surface area (Å²) in [7, 11) is 0. The van der Waals surface area contributed by atoms with E-state index in [1.54, 1.807) is 11.3 Å². The third-order valence-corrected chi connectivity index (χ3v) is 5.82. The first-order valence-corrected chi connectivity index (χ1v) is 10.3. The predicted octanol–water partition coefficient (Wildman–Crippen LogP) is 4.21. The van der Waals surface area contributed by atoms with Crippen LogP contribution in [0.25, 0.3) is 11.0 Å². The molecule has 0 spiro atoms. The van der Waals surface area contributed by atoms with Gasteiger partial charge >= 0.3 is 0 Å². The van der Waals surface area contributed by atoms with E-state index in [0.717, 1.165) is 73.5 Å². The standard InChI is InChI=1S/C20H24N4OS/c25-20(24-12-6-1-7-13-24)17-14-26-19(23-17)11-5-4-10-18-21-15-8-2-3-9-16(15)22-18/h2-3,8-9,14H,1,4-7,10-13H2,(H,21,22). The second kappa shape index (κ2) is 7.99. The predicted molar refractivity (Wildman–Crippen MR) is 105 cm³/mol. The molecular formula is C20H24N4OS. The molecule has 3 heterocycles. The fourth-order valence-electron chi connectivity index (χ4n) is 3.48. The molecular weight excluding hydrogens is 344 g/mol.